The first-order chi connectivity index (χ1) is 8.60. The van der Waals surface area contributed by atoms with Gasteiger partial charge in [0.15, 0.2) is 0 Å². The van der Waals surface area contributed by atoms with Crippen LogP contribution in [0.1, 0.15) is 22.3 Å². The molecule has 1 aromatic rings. The molecule has 1 unspecified atom stereocenters. The second-order valence-corrected chi connectivity index (χ2v) is 4.72. The van der Waals surface area contributed by atoms with Crippen molar-refractivity contribution >= 4 is 21.8 Å². The third-order valence-electron chi connectivity index (χ3n) is 2.67. The van der Waals surface area contributed by atoms with Crippen molar-refractivity contribution in [3.05, 3.63) is 29.3 Å². The van der Waals surface area contributed by atoms with Crippen LogP contribution in [0, 0.1) is 6.92 Å². The van der Waals surface area contributed by atoms with Crippen molar-refractivity contribution < 1.29 is 14.6 Å². The van der Waals surface area contributed by atoms with Gasteiger partial charge in [0.1, 0.15) is 5.75 Å². The van der Waals surface area contributed by atoms with Gasteiger partial charge in [0, 0.05) is 25.1 Å². The summed E-state index contributed by atoms with van der Waals surface area (Å²) < 4.78 is 4.98. The van der Waals surface area contributed by atoms with Crippen molar-refractivity contribution in [2.24, 2.45) is 0 Å². The lowest BCUT2D eigenvalue weighted by Gasteiger charge is -2.16. The van der Waals surface area contributed by atoms with Gasteiger partial charge in [-0.15, -0.1) is 0 Å². The minimum Gasteiger partial charge on any atom is -0.507 e. The molecule has 0 saturated heterocycles. The SMILES string of the molecule is COCCC(CBr)NC(=O)c1cccc(C)c1O. The smallest absolute Gasteiger partial charge is 0.255 e. The van der Waals surface area contributed by atoms with Gasteiger partial charge in [-0.05, 0) is 25.0 Å². The monoisotopic (exact) mass is 315 g/mol. The highest BCUT2D eigenvalue weighted by Gasteiger charge is 2.16. The fraction of sp³-hybridized carbons (Fsp3) is 0.462. The van der Waals surface area contributed by atoms with Crippen LogP contribution in [0.5, 0.6) is 5.75 Å². The lowest BCUT2D eigenvalue weighted by Crippen LogP contribution is -2.36. The number of hydrogen-bond donors (Lipinski definition) is 2. The van der Waals surface area contributed by atoms with E-state index in [9.17, 15) is 9.90 Å². The Morgan fingerprint density at radius 2 is 2.28 bits per heavy atom. The molecule has 5 heteroatoms. The van der Waals surface area contributed by atoms with Gasteiger partial charge in [0.05, 0.1) is 5.56 Å². The fourth-order valence-electron chi connectivity index (χ4n) is 1.55. The van der Waals surface area contributed by atoms with E-state index < -0.39 is 0 Å². The molecule has 1 rings (SSSR count). The molecule has 2 N–H and O–H groups in total. The molecule has 100 valence electrons. The Hall–Kier alpha value is -1.07. The number of aryl methyl sites for hydroxylation is 1. The number of rotatable bonds is 6. The Kier molecular flexibility index (Phi) is 6.15. The van der Waals surface area contributed by atoms with Crippen LogP contribution >= 0.6 is 15.9 Å². The van der Waals surface area contributed by atoms with Gasteiger partial charge >= 0.3 is 0 Å². The zero-order valence-corrected chi connectivity index (χ0v) is 12.2. The number of amides is 1. The van der Waals surface area contributed by atoms with Gasteiger partial charge in [-0.3, -0.25) is 4.79 Å². The number of phenols is 1. The Balaban J connectivity index is 2.72. The zero-order valence-electron chi connectivity index (χ0n) is 10.6. The Labute approximate surface area is 115 Å². The maximum absolute atomic E-state index is 12.0. The molecular weight excluding hydrogens is 298 g/mol. The van der Waals surface area contributed by atoms with E-state index in [2.05, 4.69) is 21.2 Å². The van der Waals surface area contributed by atoms with Gasteiger partial charge in [-0.25, -0.2) is 0 Å². The third kappa shape index (κ3) is 3.99. The molecule has 4 nitrogen and oxygen atoms in total. The predicted octanol–water partition coefficient (Wildman–Crippen LogP) is 2.23. The van der Waals surface area contributed by atoms with Gasteiger partial charge in [0.25, 0.3) is 5.91 Å². The van der Waals surface area contributed by atoms with E-state index >= 15 is 0 Å². The van der Waals surface area contributed by atoms with Crippen LogP contribution in [-0.2, 0) is 4.74 Å². The molecule has 0 aromatic heterocycles. The number of ether oxygens (including phenoxy) is 1. The second-order valence-electron chi connectivity index (χ2n) is 4.08. The van der Waals surface area contributed by atoms with Crippen molar-refractivity contribution in [2.75, 3.05) is 19.0 Å². The number of hydrogen-bond acceptors (Lipinski definition) is 3. The van der Waals surface area contributed by atoms with E-state index in [0.717, 1.165) is 6.42 Å². The maximum atomic E-state index is 12.0. The van der Waals surface area contributed by atoms with E-state index in [0.29, 0.717) is 23.1 Å². The van der Waals surface area contributed by atoms with Gasteiger partial charge in [-0.2, -0.15) is 0 Å². The summed E-state index contributed by atoms with van der Waals surface area (Å²) in [6.45, 7) is 2.34. The van der Waals surface area contributed by atoms with Crippen LogP contribution in [-0.4, -0.2) is 36.1 Å². The van der Waals surface area contributed by atoms with Gasteiger partial charge in [-0.1, -0.05) is 28.1 Å². The molecule has 0 heterocycles. The highest BCUT2D eigenvalue weighted by Crippen LogP contribution is 2.21. The van der Waals surface area contributed by atoms with Crippen molar-refractivity contribution in [3.63, 3.8) is 0 Å². The summed E-state index contributed by atoms with van der Waals surface area (Å²) in [7, 11) is 1.62. The van der Waals surface area contributed by atoms with E-state index in [4.69, 9.17) is 4.74 Å². The predicted molar refractivity (Wildman–Crippen MR) is 74.4 cm³/mol. The number of phenolic OH excluding ortho intramolecular Hbond substituents is 1. The van der Waals surface area contributed by atoms with Crippen molar-refractivity contribution in [1.82, 2.24) is 5.32 Å². The van der Waals surface area contributed by atoms with Crippen LogP contribution < -0.4 is 5.32 Å². The van der Waals surface area contributed by atoms with Gasteiger partial charge in [0.2, 0.25) is 0 Å². The Bertz CT molecular complexity index is 409. The first kappa shape index (κ1) is 15.0. The molecule has 1 amide bonds. The van der Waals surface area contributed by atoms with Crippen LogP contribution in [0.15, 0.2) is 18.2 Å². The number of aromatic hydroxyl groups is 1. The molecule has 0 aliphatic rings. The Morgan fingerprint density at radius 1 is 1.56 bits per heavy atom. The summed E-state index contributed by atoms with van der Waals surface area (Å²) >= 11 is 3.35. The molecule has 0 aliphatic heterocycles. The molecular formula is C13H18BrNO3. The van der Waals surface area contributed by atoms with E-state index in [1.54, 1.807) is 32.2 Å². The molecule has 1 aromatic carbocycles. The summed E-state index contributed by atoms with van der Waals surface area (Å²) in [5.41, 5.74) is 0.994. The third-order valence-corrected chi connectivity index (χ3v) is 3.46. The summed E-state index contributed by atoms with van der Waals surface area (Å²) in [6.07, 6.45) is 0.722. The molecule has 0 radical (unpaired) electrons. The first-order valence-electron chi connectivity index (χ1n) is 5.74. The number of benzene rings is 1. The number of carbonyl (C=O) groups is 1. The molecule has 0 aliphatic carbocycles. The van der Waals surface area contributed by atoms with E-state index in [1.165, 1.54) is 0 Å². The fourth-order valence-corrected chi connectivity index (χ4v) is 2.04. The van der Waals surface area contributed by atoms with Crippen molar-refractivity contribution in [1.29, 1.82) is 0 Å². The average Bonchev–Trinajstić information content (AvgIpc) is 2.37. The quantitative estimate of drug-likeness (QED) is 0.791. The lowest BCUT2D eigenvalue weighted by atomic mass is 10.1. The summed E-state index contributed by atoms with van der Waals surface area (Å²) in [6, 6.07) is 5.11. The van der Waals surface area contributed by atoms with Gasteiger partial charge < -0.3 is 15.2 Å². The number of alkyl halides is 1. The molecule has 18 heavy (non-hydrogen) atoms. The molecule has 0 bridgehead atoms. The zero-order chi connectivity index (χ0) is 13.5. The normalized spacial score (nSPS) is 12.2. The van der Waals surface area contributed by atoms with Crippen molar-refractivity contribution in [3.8, 4) is 5.75 Å². The van der Waals surface area contributed by atoms with E-state index in [-0.39, 0.29) is 17.7 Å². The maximum Gasteiger partial charge on any atom is 0.255 e. The highest BCUT2D eigenvalue weighted by molar-refractivity contribution is 9.09. The number of carbonyl (C=O) groups excluding carboxylic acids is 1. The minimum atomic E-state index is -0.267. The molecule has 1 atom stereocenters. The Morgan fingerprint density at radius 3 is 2.89 bits per heavy atom. The number of para-hydroxylation sites is 1. The van der Waals surface area contributed by atoms with Crippen LogP contribution in [0.25, 0.3) is 0 Å². The van der Waals surface area contributed by atoms with E-state index in [1.807, 2.05) is 0 Å². The number of nitrogens with one attached hydrogen (secondary N) is 1. The van der Waals surface area contributed by atoms with Crippen LogP contribution in [0.3, 0.4) is 0 Å². The summed E-state index contributed by atoms with van der Waals surface area (Å²) in [5, 5.41) is 13.3. The van der Waals surface area contributed by atoms with Crippen LogP contribution in [0.2, 0.25) is 0 Å². The minimum absolute atomic E-state index is 0.0163. The lowest BCUT2D eigenvalue weighted by molar-refractivity contribution is 0.0928. The standard InChI is InChI=1S/C13H18BrNO3/c1-9-4-3-5-11(12(9)16)13(17)15-10(8-14)6-7-18-2/h3-5,10,16H,6-8H2,1-2H3,(H,15,17). The first-order valence-corrected chi connectivity index (χ1v) is 6.86. The average molecular weight is 316 g/mol. The molecule has 0 fully saturated rings. The second kappa shape index (κ2) is 7.38. The topological polar surface area (TPSA) is 58.6 Å². The number of methoxy groups -OCH3 is 1. The highest BCUT2D eigenvalue weighted by atomic mass is 79.9. The summed E-state index contributed by atoms with van der Waals surface area (Å²) in [5.74, 6) is -0.230. The van der Waals surface area contributed by atoms with Crippen molar-refractivity contribution in [2.45, 2.75) is 19.4 Å². The number of halogens is 1. The molecule has 0 saturated carbocycles. The largest absolute Gasteiger partial charge is 0.507 e. The molecule has 0 spiro atoms. The van der Waals surface area contributed by atoms with Crippen LogP contribution in [0.4, 0.5) is 0 Å². The summed E-state index contributed by atoms with van der Waals surface area (Å²) in [4.78, 5) is 12.0.